The van der Waals surface area contributed by atoms with E-state index in [0.717, 1.165) is 25.2 Å². The van der Waals surface area contributed by atoms with Gasteiger partial charge in [0.2, 0.25) is 11.8 Å². The van der Waals surface area contributed by atoms with Crippen LogP contribution < -0.4 is 0 Å². The van der Waals surface area contributed by atoms with Gasteiger partial charge in [-0.15, -0.1) is 0 Å². The number of likely N-dealkylation sites (tertiary alicyclic amines) is 1. The lowest BCUT2D eigenvalue weighted by Gasteiger charge is -2.41. The third-order valence-electron chi connectivity index (χ3n) is 5.16. The van der Waals surface area contributed by atoms with Crippen LogP contribution >= 0.6 is 0 Å². The summed E-state index contributed by atoms with van der Waals surface area (Å²) in [4.78, 5) is 30.8. The van der Waals surface area contributed by atoms with Gasteiger partial charge in [0.1, 0.15) is 0 Å². The van der Waals surface area contributed by atoms with Crippen molar-refractivity contribution in [2.45, 2.75) is 32.2 Å². The second kappa shape index (κ2) is 7.79. The van der Waals surface area contributed by atoms with E-state index in [1.807, 2.05) is 40.1 Å². The highest BCUT2D eigenvalue weighted by Gasteiger charge is 2.31. The average Bonchev–Trinajstić information content (AvgIpc) is 3.13. The summed E-state index contributed by atoms with van der Waals surface area (Å²) in [5, 5.41) is 0. The second-order valence-corrected chi connectivity index (χ2v) is 6.78. The standard InChI is InChI=1S/C19H27N3O2/c1-16(23)22-14-13-21(15-18(22)17-7-3-2-4-8-17)19(24)9-12-20-10-5-6-11-20/h2-4,7-8,18H,5-6,9-15H2,1H3. The van der Waals surface area contributed by atoms with Gasteiger partial charge >= 0.3 is 0 Å². The fourth-order valence-electron chi connectivity index (χ4n) is 3.76. The zero-order valence-corrected chi connectivity index (χ0v) is 14.5. The third kappa shape index (κ3) is 3.96. The average molecular weight is 329 g/mol. The van der Waals surface area contributed by atoms with Crippen LogP contribution in [-0.4, -0.2) is 65.8 Å². The Balaban J connectivity index is 1.63. The van der Waals surface area contributed by atoms with Crippen molar-refractivity contribution in [1.82, 2.24) is 14.7 Å². The number of rotatable bonds is 4. The maximum absolute atomic E-state index is 12.6. The number of hydrogen-bond donors (Lipinski definition) is 0. The highest BCUT2D eigenvalue weighted by atomic mass is 16.2. The first-order valence-corrected chi connectivity index (χ1v) is 8.97. The van der Waals surface area contributed by atoms with E-state index in [4.69, 9.17) is 0 Å². The number of carbonyl (C=O) groups excluding carboxylic acids is 2. The molecule has 0 aromatic heterocycles. The first-order valence-electron chi connectivity index (χ1n) is 8.97. The summed E-state index contributed by atoms with van der Waals surface area (Å²) in [6, 6.07) is 10.00. The van der Waals surface area contributed by atoms with Crippen molar-refractivity contribution in [3.63, 3.8) is 0 Å². The summed E-state index contributed by atoms with van der Waals surface area (Å²) in [5.74, 6) is 0.291. The fourth-order valence-corrected chi connectivity index (χ4v) is 3.76. The van der Waals surface area contributed by atoms with Crippen LogP contribution in [0.2, 0.25) is 0 Å². The Morgan fingerprint density at radius 1 is 1.04 bits per heavy atom. The van der Waals surface area contributed by atoms with E-state index in [9.17, 15) is 9.59 Å². The Morgan fingerprint density at radius 3 is 2.42 bits per heavy atom. The van der Waals surface area contributed by atoms with Crippen LogP contribution in [0.4, 0.5) is 0 Å². The lowest BCUT2D eigenvalue weighted by Crippen LogP contribution is -2.52. The monoisotopic (exact) mass is 329 g/mol. The van der Waals surface area contributed by atoms with Gasteiger partial charge in [-0.1, -0.05) is 30.3 Å². The van der Waals surface area contributed by atoms with Crippen molar-refractivity contribution < 1.29 is 9.59 Å². The summed E-state index contributed by atoms with van der Waals surface area (Å²) in [6.07, 6.45) is 3.09. The van der Waals surface area contributed by atoms with Crippen LogP contribution in [0, 0.1) is 0 Å². The second-order valence-electron chi connectivity index (χ2n) is 6.78. The van der Waals surface area contributed by atoms with E-state index in [2.05, 4.69) is 4.90 Å². The Bertz CT molecular complexity index is 569. The van der Waals surface area contributed by atoms with Gasteiger partial charge < -0.3 is 14.7 Å². The van der Waals surface area contributed by atoms with Gasteiger partial charge in [-0.25, -0.2) is 0 Å². The summed E-state index contributed by atoms with van der Waals surface area (Å²) in [7, 11) is 0. The minimum Gasteiger partial charge on any atom is -0.338 e. The molecule has 130 valence electrons. The van der Waals surface area contributed by atoms with Crippen LogP contribution in [0.25, 0.3) is 0 Å². The molecule has 24 heavy (non-hydrogen) atoms. The molecule has 0 bridgehead atoms. The van der Waals surface area contributed by atoms with Crippen molar-refractivity contribution >= 4 is 11.8 Å². The van der Waals surface area contributed by atoms with Gasteiger partial charge in [-0.05, 0) is 31.5 Å². The molecular weight excluding hydrogens is 302 g/mol. The highest BCUT2D eigenvalue weighted by Crippen LogP contribution is 2.26. The molecule has 3 rings (SSSR count). The number of nitrogens with zero attached hydrogens (tertiary/aromatic N) is 3. The number of carbonyl (C=O) groups is 2. The van der Waals surface area contributed by atoms with Gasteiger partial charge in [-0.3, -0.25) is 9.59 Å². The SMILES string of the molecule is CC(=O)N1CCN(C(=O)CCN2CCCC2)CC1c1ccccc1. The largest absolute Gasteiger partial charge is 0.338 e. The molecule has 0 N–H and O–H groups in total. The van der Waals surface area contributed by atoms with Crippen molar-refractivity contribution in [1.29, 1.82) is 0 Å². The minimum atomic E-state index is -0.0341. The van der Waals surface area contributed by atoms with Crippen LogP contribution in [0.15, 0.2) is 30.3 Å². The number of benzene rings is 1. The molecule has 5 nitrogen and oxygen atoms in total. The van der Waals surface area contributed by atoms with Crippen LogP contribution in [-0.2, 0) is 9.59 Å². The molecule has 1 atom stereocenters. The molecule has 0 saturated carbocycles. The zero-order valence-electron chi connectivity index (χ0n) is 14.5. The molecule has 2 amide bonds. The van der Waals surface area contributed by atoms with Crippen LogP contribution in [0.1, 0.15) is 37.8 Å². The quantitative estimate of drug-likeness (QED) is 0.847. The summed E-state index contributed by atoms with van der Waals surface area (Å²) in [5.41, 5.74) is 1.10. The third-order valence-corrected chi connectivity index (χ3v) is 5.16. The molecule has 0 spiro atoms. The van der Waals surface area contributed by atoms with Crippen molar-refractivity contribution in [3.8, 4) is 0 Å². The zero-order chi connectivity index (χ0) is 16.9. The molecule has 1 aromatic rings. The molecule has 1 aromatic carbocycles. The van der Waals surface area contributed by atoms with Crippen molar-refractivity contribution in [2.24, 2.45) is 0 Å². The van der Waals surface area contributed by atoms with Crippen molar-refractivity contribution in [3.05, 3.63) is 35.9 Å². The first kappa shape index (κ1) is 17.0. The highest BCUT2D eigenvalue weighted by molar-refractivity contribution is 5.78. The Labute approximate surface area is 144 Å². The van der Waals surface area contributed by atoms with Gasteiger partial charge in [0.15, 0.2) is 0 Å². The van der Waals surface area contributed by atoms with E-state index in [1.54, 1.807) is 6.92 Å². The molecule has 2 fully saturated rings. The predicted octanol–water partition coefficient (Wildman–Crippen LogP) is 1.90. The Hall–Kier alpha value is -1.88. The molecule has 2 heterocycles. The maximum atomic E-state index is 12.6. The Kier molecular flexibility index (Phi) is 5.51. The number of piperazine rings is 1. The van der Waals surface area contributed by atoms with Gasteiger partial charge in [0.05, 0.1) is 6.04 Å². The maximum Gasteiger partial charge on any atom is 0.224 e. The Morgan fingerprint density at radius 2 is 1.75 bits per heavy atom. The molecule has 5 heteroatoms. The molecule has 0 radical (unpaired) electrons. The topological polar surface area (TPSA) is 43.9 Å². The van der Waals surface area contributed by atoms with Crippen molar-refractivity contribution in [2.75, 3.05) is 39.3 Å². The van der Waals surface area contributed by atoms with Crippen LogP contribution in [0.3, 0.4) is 0 Å². The molecular formula is C19H27N3O2. The van der Waals surface area contributed by atoms with E-state index >= 15 is 0 Å². The molecule has 1 unspecified atom stereocenters. The van der Waals surface area contributed by atoms with E-state index in [-0.39, 0.29) is 17.9 Å². The van der Waals surface area contributed by atoms with E-state index < -0.39 is 0 Å². The first-order chi connectivity index (χ1) is 11.6. The minimum absolute atomic E-state index is 0.0341. The predicted molar refractivity (Wildman–Crippen MR) is 93.4 cm³/mol. The van der Waals surface area contributed by atoms with Gasteiger partial charge in [0.25, 0.3) is 0 Å². The number of amides is 2. The molecule has 2 saturated heterocycles. The summed E-state index contributed by atoms with van der Waals surface area (Å²) < 4.78 is 0. The smallest absolute Gasteiger partial charge is 0.224 e. The van der Waals surface area contributed by atoms with Gasteiger partial charge in [0, 0.05) is 39.5 Å². The van der Waals surface area contributed by atoms with Crippen LogP contribution in [0.5, 0.6) is 0 Å². The summed E-state index contributed by atoms with van der Waals surface area (Å²) in [6.45, 7) is 6.58. The fraction of sp³-hybridized carbons (Fsp3) is 0.579. The number of hydrogen-bond acceptors (Lipinski definition) is 3. The van der Waals surface area contributed by atoms with E-state index in [0.29, 0.717) is 26.1 Å². The molecule has 0 aliphatic carbocycles. The van der Waals surface area contributed by atoms with Gasteiger partial charge in [-0.2, -0.15) is 0 Å². The molecule has 2 aliphatic heterocycles. The lowest BCUT2D eigenvalue weighted by molar-refractivity contribution is -0.142. The summed E-state index contributed by atoms with van der Waals surface area (Å²) >= 11 is 0. The molecule has 2 aliphatic rings. The van der Waals surface area contributed by atoms with E-state index in [1.165, 1.54) is 12.8 Å². The normalized spacial score (nSPS) is 22.0. The lowest BCUT2D eigenvalue weighted by atomic mass is 10.0.